The number of nitrogens with two attached hydrogens (primary N) is 1. The average molecular weight is 428 g/mol. The fourth-order valence-corrected chi connectivity index (χ4v) is 3.66. The van der Waals surface area contributed by atoms with Crippen molar-refractivity contribution in [2.75, 3.05) is 7.11 Å². The zero-order valence-corrected chi connectivity index (χ0v) is 15.8. The molecule has 0 aliphatic rings. The highest BCUT2D eigenvalue weighted by Gasteiger charge is 2.23. The maximum atomic E-state index is 12.7. The largest absolute Gasteiger partial charge is 0.481 e. The van der Waals surface area contributed by atoms with Gasteiger partial charge in [-0.05, 0) is 12.1 Å². The van der Waals surface area contributed by atoms with E-state index in [4.69, 9.17) is 21.5 Å². The predicted molar refractivity (Wildman–Crippen MR) is 96.2 cm³/mol. The minimum absolute atomic E-state index is 0.0201. The number of ether oxygens (including phenoxy) is 1. The maximum absolute atomic E-state index is 12.7. The number of alkyl halides is 2. The van der Waals surface area contributed by atoms with Crippen LogP contribution in [0, 0.1) is 11.3 Å². The smallest absolute Gasteiger partial charge is 0.242 e. The molecular weight excluding hydrogens is 416 g/mol. The van der Waals surface area contributed by atoms with Crippen molar-refractivity contribution in [1.29, 1.82) is 5.26 Å². The third kappa shape index (κ3) is 3.49. The van der Waals surface area contributed by atoms with Crippen LogP contribution in [-0.4, -0.2) is 36.5 Å². The van der Waals surface area contributed by atoms with E-state index < -0.39 is 22.9 Å². The van der Waals surface area contributed by atoms with Crippen molar-refractivity contribution < 1.29 is 21.9 Å². The number of methoxy groups -OCH3 is 1. The van der Waals surface area contributed by atoms with Crippen LogP contribution in [0.2, 0.25) is 5.02 Å². The molecule has 3 aromatic rings. The molecule has 3 rings (SSSR count). The van der Waals surface area contributed by atoms with Gasteiger partial charge in [0.05, 0.1) is 23.2 Å². The summed E-state index contributed by atoms with van der Waals surface area (Å²) < 4.78 is 55.6. The lowest BCUT2D eigenvalue weighted by molar-refractivity contribution is 0.147. The Kier molecular flexibility index (Phi) is 5.20. The van der Waals surface area contributed by atoms with Gasteiger partial charge in [-0.25, -0.2) is 27.3 Å². The Hall–Kier alpha value is -2.81. The molecule has 0 aliphatic heterocycles. The molecule has 12 heteroatoms. The Bertz CT molecular complexity index is 1220. The molecule has 0 radical (unpaired) electrons. The van der Waals surface area contributed by atoms with Crippen molar-refractivity contribution >= 4 is 32.5 Å². The first kappa shape index (κ1) is 19.9. The molecule has 0 bridgehead atoms. The summed E-state index contributed by atoms with van der Waals surface area (Å²) in [5.41, 5.74) is 0.166. The number of fused-ring (bicyclic) bond motifs is 1. The first-order chi connectivity index (χ1) is 13.2. The number of sulfonamides is 1. The van der Waals surface area contributed by atoms with Crippen LogP contribution < -0.4 is 9.88 Å². The second-order valence-corrected chi connectivity index (χ2v) is 7.58. The highest BCUT2D eigenvalue weighted by atomic mass is 35.5. The van der Waals surface area contributed by atoms with E-state index in [-0.39, 0.29) is 43.8 Å². The highest BCUT2D eigenvalue weighted by molar-refractivity contribution is 7.89. The minimum atomic E-state index is -4.15. The quantitative estimate of drug-likeness (QED) is 0.666. The first-order valence-corrected chi connectivity index (χ1v) is 9.54. The summed E-state index contributed by atoms with van der Waals surface area (Å²) in [6.45, 7) is 0. The Balaban J connectivity index is 2.35. The van der Waals surface area contributed by atoms with E-state index in [1.165, 1.54) is 23.8 Å². The van der Waals surface area contributed by atoms with E-state index >= 15 is 0 Å². The number of nitrogens with zero attached hydrogens (tertiary/aromatic N) is 4. The monoisotopic (exact) mass is 427 g/mol. The zero-order valence-electron chi connectivity index (χ0n) is 14.2. The summed E-state index contributed by atoms with van der Waals surface area (Å²) in [5.74, 6) is -0.210. The molecule has 0 saturated heterocycles. The molecule has 0 amide bonds. The molecule has 2 N–H and O–H groups in total. The fourth-order valence-electron chi connectivity index (χ4n) is 2.74. The van der Waals surface area contributed by atoms with Crippen LogP contribution in [0.1, 0.15) is 11.1 Å². The van der Waals surface area contributed by atoms with E-state index in [0.29, 0.717) is 0 Å². The summed E-state index contributed by atoms with van der Waals surface area (Å²) in [7, 11) is -2.90. The molecule has 1 aromatic carbocycles. The van der Waals surface area contributed by atoms with Crippen molar-refractivity contribution in [2.24, 2.45) is 5.14 Å². The SMILES string of the molecule is COc1nc(-n2cc(S(N)(=O)=O)c3ccc(Cl)c(C#N)c32)ncc1CC(F)F. The molecule has 0 unspecified atom stereocenters. The van der Waals surface area contributed by atoms with Crippen LogP contribution in [0.5, 0.6) is 5.88 Å². The van der Waals surface area contributed by atoms with Gasteiger partial charge < -0.3 is 4.74 Å². The van der Waals surface area contributed by atoms with Crippen LogP contribution in [0.15, 0.2) is 29.4 Å². The highest BCUT2D eigenvalue weighted by Crippen LogP contribution is 2.33. The summed E-state index contributed by atoms with van der Waals surface area (Å²) in [4.78, 5) is 7.82. The van der Waals surface area contributed by atoms with Gasteiger partial charge in [0.1, 0.15) is 11.0 Å². The van der Waals surface area contributed by atoms with Crippen LogP contribution in [0.4, 0.5) is 8.78 Å². The topological polar surface area (TPSA) is 124 Å². The van der Waals surface area contributed by atoms with E-state index in [1.807, 2.05) is 6.07 Å². The van der Waals surface area contributed by atoms with Crippen LogP contribution in [0.3, 0.4) is 0 Å². The van der Waals surface area contributed by atoms with Gasteiger partial charge in [0, 0.05) is 29.8 Å². The van der Waals surface area contributed by atoms with Gasteiger partial charge in [0.2, 0.25) is 28.3 Å². The number of primary sulfonamides is 1. The Morgan fingerprint density at radius 3 is 2.71 bits per heavy atom. The second kappa shape index (κ2) is 7.31. The Morgan fingerprint density at radius 1 is 1.43 bits per heavy atom. The van der Waals surface area contributed by atoms with Crippen LogP contribution in [0.25, 0.3) is 16.9 Å². The molecular formula is C16H12ClF2N5O3S. The molecule has 2 aromatic heterocycles. The number of aromatic nitrogens is 3. The van der Waals surface area contributed by atoms with E-state index in [2.05, 4.69) is 9.97 Å². The molecule has 0 fully saturated rings. The Morgan fingerprint density at radius 2 is 2.14 bits per heavy atom. The normalized spacial score (nSPS) is 11.8. The van der Waals surface area contributed by atoms with Gasteiger partial charge in [-0.2, -0.15) is 10.2 Å². The molecule has 0 spiro atoms. The average Bonchev–Trinajstić information content (AvgIpc) is 3.01. The Labute approximate surface area is 163 Å². The van der Waals surface area contributed by atoms with Crippen molar-refractivity contribution in [3.63, 3.8) is 0 Å². The van der Waals surface area contributed by atoms with Crippen molar-refractivity contribution in [3.8, 4) is 17.9 Å². The number of benzene rings is 1. The van der Waals surface area contributed by atoms with Gasteiger partial charge in [-0.1, -0.05) is 11.6 Å². The summed E-state index contributed by atoms with van der Waals surface area (Å²) in [6.07, 6.45) is -0.965. The van der Waals surface area contributed by atoms with Gasteiger partial charge in [-0.3, -0.25) is 4.57 Å². The number of halogens is 3. The second-order valence-electron chi connectivity index (χ2n) is 5.64. The lowest BCUT2D eigenvalue weighted by atomic mass is 10.1. The molecule has 146 valence electrons. The van der Waals surface area contributed by atoms with Crippen LogP contribution >= 0.6 is 11.6 Å². The molecule has 8 nitrogen and oxygen atoms in total. The van der Waals surface area contributed by atoms with E-state index in [9.17, 15) is 22.5 Å². The van der Waals surface area contributed by atoms with Crippen molar-refractivity contribution in [1.82, 2.24) is 14.5 Å². The van der Waals surface area contributed by atoms with Crippen LogP contribution in [-0.2, 0) is 16.4 Å². The third-order valence-corrected chi connectivity index (χ3v) is 5.15. The van der Waals surface area contributed by atoms with Gasteiger partial charge in [0.25, 0.3) is 0 Å². The van der Waals surface area contributed by atoms with Gasteiger partial charge in [0.15, 0.2) is 0 Å². The fraction of sp³-hybridized carbons (Fsp3) is 0.188. The lowest BCUT2D eigenvalue weighted by Gasteiger charge is -2.10. The van der Waals surface area contributed by atoms with E-state index in [0.717, 1.165) is 12.4 Å². The lowest BCUT2D eigenvalue weighted by Crippen LogP contribution is -2.11. The standard InChI is InChI=1S/C16H12ClF2N5O3S/c1-27-15-8(4-13(18)19)6-22-16(23-15)24-7-12(28(21,25)26)9-2-3-11(17)10(5-20)14(9)24/h2-3,6-7,13H,4H2,1H3,(H2,21,25,26). The van der Waals surface area contributed by atoms with Gasteiger partial charge >= 0.3 is 0 Å². The summed E-state index contributed by atoms with van der Waals surface area (Å²) in [6, 6.07) is 4.67. The third-order valence-electron chi connectivity index (χ3n) is 3.89. The number of hydrogen-bond acceptors (Lipinski definition) is 6. The summed E-state index contributed by atoms with van der Waals surface area (Å²) in [5, 5.41) is 15.0. The predicted octanol–water partition coefficient (Wildman–Crippen LogP) is 2.41. The summed E-state index contributed by atoms with van der Waals surface area (Å²) >= 11 is 6.06. The molecule has 2 heterocycles. The molecule has 0 atom stereocenters. The number of nitriles is 1. The molecule has 0 saturated carbocycles. The number of rotatable bonds is 5. The molecule has 28 heavy (non-hydrogen) atoms. The zero-order chi connectivity index (χ0) is 20.6. The minimum Gasteiger partial charge on any atom is -0.481 e. The van der Waals surface area contributed by atoms with E-state index in [1.54, 1.807) is 0 Å². The van der Waals surface area contributed by atoms with Crippen molar-refractivity contribution in [3.05, 3.63) is 40.7 Å². The molecule has 0 aliphatic carbocycles. The van der Waals surface area contributed by atoms with Gasteiger partial charge in [-0.15, -0.1) is 0 Å². The van der Waals surface area contributed by atoms with Crippen molar-refractivity contribution in [2.45, 2.75) is 17.7 Å². The number of hydrogen-bond donors (Lipinski definition) is 1. The first-order valence-electron chi connectivity index (χ1n) is 7.62. The maximum Gasteiger partial charge on any atom is 0.242 e.